The molecule has 0 saturated carbocycles. The molecule has 192 valence electrons. The molecule has 2 aromatic carbocycles. The number of rotatable bonds is 8. The van der Waals surface area contributed by atoms with Crippen LogP contribution >= 0.6 is 0 Å². The highest BCUT2D eigenvalue weighted by atomic mass is 32.2. The Morgan fingerprint density at radius 1 is 1.19 bits per heavy atom. The second kappa shape index (κ2) is 11.4. The number of carbonyl (C=O) groups is 2. The average Bonchev–Trinajstić information content (AvgIpc) is 3.26. The number of nitrogens with zero attached hydrogens (tertiary/aromatic N) is 5. The van der Waals surface area contributed by atoms with Gasteiger partial charge in [-0.05, 0) is 62.0 Å². The van der Waals surface area contributed by atoms with Crippen LogP contribution in [-0.4, -0.2) is 68.4 Å². The lowest BCUT2D eigenvalue weighted by molar-refractivity contribution is -0.124. The molecule has 2 amide bonds. The number of amides is 2. The molecule has 3 rings (SSSR count). The minimum absolute atomic E-state index is 0.0696. The van der Waals surface area contributed by atoms with Crippen molar-refractivity contribution in [1.82, 2.24) is 14.5 Å². The molecular weight excluding hydrogens is 484 g/mol. The van der Waals surface area contributed by atoms with Crippen molar-refractivity contribution in [3.63, 3.8) is 0 Å². The fourth-order valence-electron chi connectivity index (χ4n) is 3.92. The highest BCUT2D eigenvalue weighted by Crippen LogP contribution is 2.28. The van der Waals surface area contributed by atoms with Crippen LogP contribution < -0.4 is 10.1 Å². The van der Waals surface area contributed by atoms with Crippen LogP contribution in [-0.2, 0) is 21.2 Å². The molecule has 2 aromatic rings. The van der Waals surface area contributed by atoms with Crippen LogP contribution in [0.4, 0.5) is 4.79 Å². The summed E-state index contributed by atoms with van der Waals surface area (Å²) < 4.78 is 32.9. The molecule has 1 aliphatic rings. The van der Waals surface area contributed by atoms with E-state index in [1.807, 2.05) is 13.8 Å². The fourth-order valence-corrected chi connectivity index (χ4v) is 5.56. The molecule has 11 nitrogen and oxygen atoms in total. The van der Waals surface area contributed by atoms with Gasteiger partial charge in [0.2, 0.25) is 15.9 Å². The molecule has 0 aromatic heterocycles. The summed E-state index contributed by atoms with van der Waals surface area (Å²) in [6.07, 6.45) is 0.0916. The van der Waals surface area contributed by atoms with Gasteiger partial charge in [-0.3, -0.25) is 4.79 Å². The molecule has 0 bridgehead atoms. The third-order valence-electron chi connectivity index (χ3n) is 5.80. The Bertz CT molecular complexity index is 1240. The van der Waals surface area contributed by atoms with Crippen molar-refractivity contribution in [2.75, 3.05) is 20.6 Å². The van der Waals surface area contributed by atoms with Gasteiger partial charge in [-0.25, -0.2) is 13.2 Å². The Morgan fingerprint density at radius 2 is 1.83 bits per heavy atom. The number of azide groups is 1. The smallest absolute Gasteiger partial charge is 0.410 e. The van der Waals surface area contributed by atoms with E-state index >= 15 is 0 Å². The third kappa shape index (κ3) is 6.54. The van der Waals surface area contributed by atoms with Crippen molar-refractivity contribution in [2.45, 2.75) is 49.7 Å². The largest absolute Gasteiger partial charge is 0.414 e. The van der Waals surface area contributed by atoms with Crippen LogP contribution in [0.25, 0.3) is 10.4 Å². The van der Waals surface area contributed by atoms with E-state index in [-0.39, 0.29) is 23.9 Å². The predicted octanol–water partition coefficient (Wildman–Crippen LogP) is 3.24. The number of benzene rings is 2. The van der Waals surface area contributed by atoms with Gasteiger partial charge in [0.05, 0.1) is 10.9 Å². The number of aryl methyl sites for hydroxylation is 1. The van der Waals surface area contributed by atoms with E-state index in [1.54, 1.807) is 50.5 Å². The lowest BCUT2D eigenvalue weighted by Crippen LogP contribution is -2.48. The van der Waals surface area contributed by atoms with E-state index in [2.05, 4.69) is 15.3 Å². The molecule has 1 N–H and O–H groups in total. The molecule has 3 unspecified atom stereocenters. The van der Waals surface area contributed by atoms with Crippen molar-refractivity contribution in [2.24, 2.45) is 5.11 Å². The summed E-state index contributed by atoms with van der Waals surface area (Å²) in [5, 5.41) is 6.56. The minimum Gasteiger partial charge on any atom is -0.410 e. The van der Waals surface area contributed by atoms with Crippen LogP contribution in [0.2, 0.25) is 0 Å². The lowest BCUT2D eigenvalue weighted by atomic mass is 10.1. The number of carbonyl (C=O) groups excluding carboxylic acids is 2. The molecule has 0 spiro atoms. The summed E-state index contributed by atoms with van der Waals surface area (Å²) in [6.45, 7) is 3.60. The Labute approximate surface area is 210 Å². The molecule has 1 saturated heterocycles. The number of hydrogen-bond donors (Lipinski definition) is 1. The standard InChI is InChI=1S/C24H30N6O5S/c1-16-5-11-21(12-6-16)36(33,34)30-15-19(27-28-25)14-22(30)23(31)26-17(2)13-18-7-9-20(10-8-18)35-24(32)29(3)4/h5-12,17,19,22H,13-15H2,1-4H3,(H,26,31). The van der Waals surface area contributed by atoms with Crippen molar-refractivity contribution < 1.29 is 22.7 Å². The fraction of sp³-hybridized carbons (Fsp3) is 0.417. The van der Waals surface area contributed by atoms with E-state index < -0.39 is 34.1 Å². The van der Waals surface area contributed by atoms with Gasteiger partial charge in [0, 0.05) is 31.6 Å². The Morgan fingerprint density at radius 3 is 2.42 bits per heavy atom. The summed E-state index contributed by atoms with van der Waals surface area (Å²) in [7, 11) is -0.791. The maximum Gasteiger partial charge on any atom is 0.414 e. The monoisotopic (exact) mass is 514 g/mol. The van der Waals surface area contributed by atoms with Crippen LogP contribution in [0, 0.1) is 6.92 Å². The van der Waals surface area contributed by atoms with Crippen molar-refractivity contribution in [3.8, 4) is 5.75 Å². The third-order valence-corrected chi connectivity index (χ3v) is 7.69. The van der Waals surface area contributed by atoms with Crippen molar-refractivity contribution >= 4 is 22.0 Å². The van der Waals surface area contributed by atoms with E-state index in [0.29, 0.717) is 12.2 Å². The van der Waals surface area contributed by atoms with Crippen molar-refractivity contribution in [1.29, 1.82) is 0 Å². The van der Waals surface area contributed by atoms with E-state index in [9.17, 15) is 18.0 Å². The zero-order valence-electron chi connectivity index (χ0n) is 20.7. The molecule has 3 atom stereocenters. The first-order chi connectivity index (χ1) is 17.0. The summed E-state index contributed by atoms with van der Waals surface area (Å²) in [5.74, 6) is -0.0495. The van der Waals surface area contributed by atoms with E-state index in [1.165, 1.54) is 17.0 Å². The predicted molar refractivity (Wildman–Crippen MR) is 134 cm³/mol. The van der Waals surface area contributed by atoms with Crippen LogP contribution in [0.3, 0.4) is 0 Å². The molecule has 12 heteroatoms. The summed E-state index contributed by atoms with van der Waals surface area (Å²) >= 11 is 0. The molecule has 1 fully saturated rings. The van der Waals surface area contributed by atoms with Gasteiger partial charge in [0.15, 0.2) is 0 Å². The van der Waals surface area contributed by atoms with Gasteiger partial charge in [-0.15, -0.1) is 0 Å². The molecule has 36 heavy (non-hydrogen) atoms. The first-order valence-electron chi connectivity index (χ1n) is 11.4. The number of sulfonamides is 1. The highest BCUT2D eigenvalue weighted by Gasteiger charge is 2.43. The van der Waals surface area contributed by atoms with Crippen LogP contribution in [0.15, 0.2) is 58.5 Å². The SMILES string of the molecule is Cc1ccc(S(=O)(=O)N2CC(N=[N+]=[N-])CC2C(=O)NC(C)Cc2ccc(OC(=O)N(C)C)cc2)cc1. The van der Waals surface area contributed by atoms with Crippen LogP contribution in [0.1, 0.15) is 24.5 Å². The summed E-state index contributed by atoms with van der Waals surface area (Å²) in [4.78, 5) is 29.0. The van der Waals surface area contributed by atoms with Gasteiger partial charge < -0.3 is 15.0 Å². The number of nitrogens with one attached hydrogen (secondary N) is 1. The quantitative estimate of drug-likeness (QED) is 0.327. The highest BCUT2D eigenvalue weighted by molar-refractivity contribution is 7.89. The Kier molecular flexibility index (Phi) is 8.57. The first kappa shape index (κ1) is 27.0. The van der Waals surface area contributed by atoms with Crippen molar-refractivity contribution in [3.05, 3.63) is 70.1 Å². The number of hydrogen-bond acceptors (Lipinski definition) is 6. The Balaban J connectivity index is 1.70. The molecular formula is C24H30N6O5S. The molecule has 1 heterocycles. The second-order valence-corrected chi connectivity index (χ2v) is 10.9. The zero-order chi connectivity index (χ0) is 26.5. The van der Waals surface area contributed by atoms with Gasteiger partial charge in [0.25, 0.3) is 0 Å². The van der Waals surface area contributed by atoms with Crippen LogP contribution in [0.5, 0.6) is 5.75 Å². The molecule has 0 aliphatic carbocycles. The Hall–Kier alpha value is -3.60. The van der Waals surface area contributed by atoms with E-state index in [0.717, 1.165) is 15.4 Å². The second-order valence-electron chi connectivity index (χ2n) is 9.02. The van der Waals surface area contributed by atoms with Gasteiger partial charge in [0.1, 0.15) is 11.8 Å². The number of ether oxygens (including phenoxy) is 1. The normalized spacial score (nSPS) is 18.7. The van der Waals surface area contributed by atoms with E-state index in [4.69, 9.17) is 10.3 Å². The summed E-state index contributed by atoms with van der Waals surface area (Å²) in [6, 6.07) is 11.4. The topological polar surface area (TPSA) is 145 Å². The molecule has 0 radical (unpaired) electrons. The maximum absolute atomic E-state index is 13.3. The average molecular weight is 515 g/mol. The lowest BCUT2D eigenvalue weighted by Gasteiger charge is -2.25. The van der Waals surface area contributed by atoms with Gasteiger partial charge in [-0.1, -0.05) is 34.9 Å². The van der Waals surface area contributed by atoms with Gasteiger partial charge >= 0.3 is 6.09 Å². The maximum atomic E-state index is 13.3. The zero-order valence-corrected chi connectivity index (χ0v) is 21.5. The minimum atomic E-state index is -3.97. The molecule has 1 aliphatic heterocycles. The van der Waals surface area contributed by atoms with Gasteiger partial charge in [-0.2, -0.15) is 4.31 Å². The summed E-state index contributed by atoms with van der Waals surface area (Å²) in [5.41, 5.74) is 10.7. The first-order valence-corrected chi connectivity index (χ1v) is 12.9.